The predicted molar refractivity (Wildman–Crippen MR) is 131 cm³/mol. The second kappa shape index (κ2) is 9.34. The van der Waals surface area contributed by atoms with E-state index in [1.807, 2.05) is 44.2 Å². The van der Waals surface area contributed by atoms with E-state index < -0.39 is 5.92 Å². The Bertz CT molecular complexity index is 1140. The maximum absolute atomic E-state index is 12.8. The fourth-order valence-corrected chi connectivity index (χ4v) is 5.82. The quantitative estimate of drug-likeness (QED) is 0.276. The number of Topliss-reactive ketones (excluding diaryl/α,β-unsaturated/α-hetero) is 1. The van der Waals surface area contributed by atoms with Crippen LogP contribution in [0.3, 0.4) is 0 Å². The van der Waals surface area contributed by atoms with E-state index in [0.29, 0.717) is 18.7 Å². The van der Waals surface area contributed by atoms with Gasteiger partial charge in [-0.2, -0.15) is 0 Å². The molecular formula is C28H31N3O2. The van der Waals surface area contributed by atoms with Crippen LogP contribution in [0, 0.1) is 17.8 Å². The Hall–Kier alpha value is -3.21. The van der Waals surface area contributed by atoms with Gasteiger partial charge >= 0.3 is 0 Å². The van der Waals surface area contributed by atoms with Gasteiger partial charge in [0.05, 0.1) is 17.3 Å². The number of fused-ring (bicyclic) bond motifs is 3. The Morgan fingerprint density at radius 2 is 2.03 bits per heavy atom. The van der Waals surface area contributed by atoms with Crippen LogP contribution in [-0.4, -0.2) is 28.8 Å². The summed E-state index contributed by atoms with van der Waals surface area (Å²) in [6.07, 6.45) is 9.28. The number of hydrogen-bond acceptors (Lipinski definition) is 5. The number of hydrogen-bond donors (Lipinski definition) is 0. The van der Waals surface area contributed by atoms with Crippen LogP contribution in [0.4, 0.5) is 0 Å². The van der Waals surface area contributed by atoms with Crippen molar-refractivity contribution in [1.29, 1.82) is 0 Å². The third kappa shape index (κ3) is 4.12. The zero-order chi connectivity index (χ0) is 23.6. The Balaban J connectivity index is 1.90. The van der Waals surface area contributed by atoms with Crippen molar-refractivity contribution < 1.29 is 9.59 Å². The molecule has 2 aliphatic carbocycles. The van der Waals surface area contributed by atoms with Crippen LogP contribution in [-0.2, 0) is 27.8 Å². The molecule has 1 unspecified atom stereocenters. The van der Waals surface area contributed by atoms with Crippen LogP contribution in [0.15, 0.2) is 53.7 Å². The first-order chi connectivity index (χ1) is 15.9. The monoisotopic (exact) mass is 441 g/mol. The van der Waals surface area contributed by atoms with Crippen LogP contribution in [0.5, 0.6) is 0 Å². The van der Waals surface area contributed by atoms with Gasteiger partial charge in [0.2, 0.25) is 0 Å². The number of aromatic nitrogens is 2. The van der Waals surface area contributed by atoms with E-state index in [-0.39, 0.29) is 23.0 Å². The topological polar surface area (TPSA) is 72.3 Å². The number of nitrogens with zero attached hydrogens (tertiary/aromatic N) is 3. The van der Waals surface area contributed by atoms with Gasteiger partial charge in [-0.1, -0.05) is 50.3 Å². The number of rotatable bonds is 6. The first-order valence-corrected chi connectivity index (χ1v) is 11.6. The lowest BCUT2D eigenvalue weighted by molar-refractivity contribution is -0.137. The highest BCUT2D eigenvalue weighted by Gasteiger charge is 2.53. The summed E-state index contributed by atoms with van der Waals surface area (Å²) in [5, 5.41) is 0. The second-order valence-corrected chi connectivity index (χ2v) is 9.43. The van der Waals surface area contributed by atoms with E-state index in [1.54, 1.807) is 6.20 Å². The van der Waals surface area contributed by atoms with Crippen LogP contribution in [0.2, 0.25) is 0 Å². The molecule has 33 heavy (non-hydrogen) atoms. The molecule has 0 N–H and O–H groups in total. The molecule has 2 aromatic rings. The summed E-state index contributed by atoms with van der Waals surface area (Å²) in [7, 11) is 0. The third-order valence-electron chi connectivity index (χ3n) is 7.53. The number of allylic oxidation sites excluding steroid dienone is 3. The molecule has 2 aliphatic rings. The van der Waals surface area contributed by atoms with Gasteiger partial charge in [0.25, 0.3) is 0 Å². The standard InChI is InChI=1S/C28H31N3O2/c1-5-20(13-14-29-4)27-30-24(15-19-9-7-6-8-10-19)22-11-12-23-18(2)25(33)21(17-32)16-28(23,3)26(22)31-27/h5-10,13-14,17-18,21,23H,4,11-12,15-16H2,1-3H3/b14-13-,20-5+/t18-,21?,23-,28-/m1/s1. The maximum Gasteiger partial charge on any atom is 0.159 e. The zero-order valence-corrected chi connectivity index (χ0v) is 19.6. The molecule has 0 spiro atoms. The van der Waals surface area contributed by atoms with Crippen molar-refractivity contribution in [1.82, 2.24) is 9.97 Å². The van der Waals surface area contributed by atoms with E-state index >= 15 is 0 Å². The molecule has 0 saturated heterocycles. The first-order valence-electron chi connectivity index (χ1n) is 11.6. The minimum absolute atomic E-state index is 0.0730. The molecule has 5 nitrogen and oxygen atoms in total. The van der Waals surface area contributed by atoms with Crippen LogP contribution >= 0.6 is 0 Å². The minimum atomic E-state index is -0.575. The summed E-state index contributed by atoms with van der Waals surface area (Å²) in [4.78, 5) is 38.6. The number of carbonyl (C=O) groups excluding carboxylic acids is 2. The number of ketones is 1. The molecule has 0 bridgehead atoms. The first kappa shape index (κ1) is 23.0. The lowest BCUT2D eigenvalue weighted by atomic mass is 9.54. The SMILES string of the molecule is C=N/C=C\C(=C/C)c1nc(Cc2ccccc2)c2c(n1)[C@]1(C)CC(C=O)C(=O)[C@H](C)[C@H]1CC2. The molecule has 0 amide bonds. The van der Waals surface area contributed by atoms with Crippen molar-refractivity contribution in [2.24, 2.45) is 22.7 Å². The number of aliphatic imine (C=N–C) groups is 1. The second-order valence-electron chi connectivity index (χ2n) is 9.43. The molecule has 1 aromatic carbocycles. The average Bonchev–Trinajstić information content (AvgIpc) is 2.83. The van der Waals surface area contributed by atoms with E-state index in [0.717, 1.165) is 36.1 Å². The van der Waals surface area contributed by atoms with E-state index in [9.17, 15) is 9.59 Å². The molecule has 1 heterocycles. The van der Waals surface area contributed by atoms with Crippen molar-refractivity contribution in [3.05, 3.63) is 77.0 Å². The van der Waals surface area contributed by atoms with Gasteiger partial charge in [0.15, 0.2) is 5.82 Å². The molecule has 0 aliphatic heterocycles. The number of benzene rings is 1. The van der Waals surface area contributed by atoms with Crippen LogP contribution < -0.4 is 0 Å². The summed E-state index contributed by atoms with van der Waals surface area (Å²) < 4.78 is 0. The van der Waals surface area contributed by atoms with E-state index in [2.05, 4.69) is 30.8 Å². The van der Waals surface area contributed by atoms with Gasteiger partial charge in [0, 0.05) is 29.5 Å². The van der Waals surface area contributed by atoms with Crippen molar-refractivity contribution in [3.8, 4) is 0 Å². The third-order valence-corrected chi connectivity index (χ3v) is 7.53. The Morgan fingerprint density at radius 1 is 1.27 bits per heavy atom. The highest BCUT2D eigenvalue weighted by Crippen LogP contribution is 2.52. The average molecular weight is 442 g/mol. The lowest BCUT2D eigenvalue weighted by Gasteiger charge is -2.49. The largest absolute Gasteiger partial charge is 0.303 e. The van der Waals surface area contributed by atoms with E-state index in [4.69, 9.17) is 9.97 Å². The summed E-state index contributed by atoms with van der Waals surface area (Å²) >= 11 is 0. The van der Waals surface area contributed by atoms with Crippen molar-refractivity contribution in [2.75, 3.05) is 0 Å². The summed E-state index contributed by atoms with van der Waals surface area (Å²) in [5.41, 5.74) is 4.91. The molecule has 0 radical (unpaired) electrons. The molecular weight excluding hydrogens is 410 g/mol. The smallest absolute Gasteiger partial charge is 0.159 e. The van der Waals surface area contributed by atoms with Gasteiger partial charge in [-0.25, -0.2) is 9.97 Å². The van der Waals surface area contributed by atoms with Crippen molar-refractivity contribution in [2.45, 2.75) is 51.9 Å². The predicted octanol–water partition coefficient (Wildman–Crippen LogP) is 4.93. The molecule has 1 saturated carbocycles. The molecule has 1 aromatic heterocycles. The summed E-state index contributed by atoms with van der Waals surface area (Å²) in [6, 6.07) is 10.3. The lowest BCUT2D eigenvalue weighted by Crippen LogP contribution is -2.51. The molecule has 170 valence electrons. The van der Waals surface area contributed by atoms with Crippen LogP contribution in [0.25, 0.3) is 5.57 Å². The number of carbonyl (C=O) groups is 2. The normalized spacial score (nSPS) is 27.2. The van der Waals surface area contributed by atoms with Gasteiger partial charge < -0.3 is 4.79 Å². The summed E-state index contributed by atoms with van der Waals surface area (Å²) in [6.45, 7) is 9.66. The molecule has 4 atom stereocenters. The van der Waals surface area contributed by atoms with Gasteiger partial charge in [-0.05, 0) is 56.0 Å². The van der Waals surface area contributed by atoms with Gasteiger partial charge in [-0.3, -0.25) is 9.79 Å². The highest BCUT2D eigenvalue weighted by atomic mass is 16.1. The Morgan fingerprint density at radius 3 is 2.70 bits per heavy atom. The minimum Gasteiger partial charge on any atom is -0.303 e. The van der Waals surface area contributed by atoms with Crippen molar-refractivity contribution >= 4 is 24.4 Å². The van der Waals surface area contributed by atoms with Crippen molar-refractivity contribution in [3.63, 3.8) is 0 Å². The fourth-order valence-electron chi connectivity index (χ4n) is 5.82. The van der Waals surface area contributed by atoms with Crippen LogP contribution in [0.1, 0.15) is 62.0 Å². The van der Waals surface area contributed by atoms with Gasteiger partial charge in [0.1, 0.15) is 12.1 Å². The highest BCUT2D eigenvalue weighted by molar-refractivity contribution is 5.96. The maximum atomic E-state index is 12.8. The number of aldehydes is 1. The van der Waals surface area contributed by atoms with E-state index in [1.165, 1.54) is 11.1 Å². The Labute approximate surface area is 195 Å². The zero-order valence-electron chi connectivity index (χ0n) is 19.6. The van der Waals surface area contributed by atoms with Gasteiger partial charge in [-0.15, -0.1) is 0 Å². The molecule has 4 rings (SSSR count). The summed E-state index contributed by atoms with van der Waals surface area (Å²) in [5.74, 6) is 0.156. The molecule has 5 heteroatoms. The molecule has 1 fully saturated rings. The Kier molecular flexibility index (Phi) is 6.50. The fraction of sp³-hybridized carbons (Fsp3) is 0.393.